The normalized spacial score (nSPS) is 12.8. The summed E-state index contributed by atoms with van der Waals surface area (Å²) in [7, 11) is 0. The van der Waals surface area contributed by atoms with Gasteiger partial charge in [0.2, 0.25) is 5.91 Å². The first-order valence-electron chi connectivity index (χ1n) is 8.98. The third-order valence-corrected chi connectivity index (χ3v) is 4.52. The van der Waals surface area contributed by atoms with Crippen molar-refractivity contribution in [1.29, 1.82) is 0 Å². The van der Waals surface area contributed by atoms with Gasteiger partial charge in [-0.25, -0.2) is 4.79 Å². The van der Waals surface area contributed by atoms with E-state index in [-0.39, 0.29) is 22.9 Å². The summed E-state index contributed by atoms with van der Waals surface area (Å²) in [6.07, 6.45) is 0.672. The summed E-state index contributed by atoms with van der Waals surface area (Å²) in [6.45, 7) is 9.62. The van der Waals surface area contributed by atoms with Crippen LogP contribution in [0.4, 0.5) is 5.69 Å². The fourth-order valence-electron chi connectivity index (χ4n) is 3.07. The monoisotopic (exact) mass is 359 g/mol. The lowest BCUT2D eigenvalue weighted by molar-refractivity contribution is -0.128. The van der Waals surface area contributed by atoms with Crippen molar-refractivity contribution in [3.05, 3.63) is 40.2 Å². The number of aryl methyl sites for hydroxylation is 1. The van der Waals surface area contributed by atoms with Gasteiger partial charge in [-0.3, -0.25) is 4.79 Å². The van der Waals surface area contributed by atoms with E-state index < -0.39 is 0 Å². The maximum Gasteiger partial charge on any atom is 0.336 e. The maximum atomic E-state index is 12.4. The first kappa shape index (κ1) is 20.0. The summed E-state index contributed by atoms with van der Waals surface area (Å²) in [4.78, 5) is 23.9. The van der Waals surface area contributed by atoms with E-state index >= 15 is 0 Å². The summed E-state index contributed by atoms with van der Waals surface area (Å²) < 4.78 is 5.25. The first-order valence-corrected chi connectivity index (χ1v) is 8.98. The third kappa shape index (κ3) is 5.08. The minimum atomic E-state index is -0.354. The molecule has 0 radical (unpaired) electrons. The molecule has 0 saturated heterocycles. The van der Waals surface area contributed by atoms with Crippen LogP contribution in [0.5, 0.6) is 0 Å². The van der Waals surface area contributed by atoms with Crippen molar-refractivity contribution in [2.45, 2.75) is 34.1 Å². The highest BCUT2D eigenvalue weighted by molar-refractivity contribution is 5.83. The molecule has 142 valence electrons. The number of fused-ring (bicyclic) bond motifs is 1. The number of hydrogen-bond acceptors (Lipinski definition) is 5. The van der Waals surface area contributed by atoms with Crippen LogP contribution in [0.25, 0.3) is 11.0 Å². The van der Waals surface area contributed by atoms with Crippen LogP contribution in [0, 0.1) is 18.3 Å². The Bertz CT molecular complexity index is 821. The molecule has 0 fully saturated rings. The van der Waals surface area contributed by atoms with Crippen molar-refractivity contribution in [2.24, 2.45) is 17.1 Å². The van der Waals surface area contributed by atoms with Gasteiger partial charge in [0.05, 0.1) is 0 Å². The molecule has 4 N–H and O–H groups in total. The highest BCUT2D eigenvalue weighted by atomic mass is 16.4. The van der Waals surface area contributed by atoms with Crippen molar-refractivity contribution >= 4 is 22.6 Å². The van der Waals surface area contributed by atoms with Gasteiger partial charge in [0, 0.05) is 42.2 Å². The molecule has 1 amide bonds. The average Bonchev–Trinajstić information content (AvgIpc) is 2.54. The van der Waals surface area contributed by atoms with Crippen LogP contribution >= 0.6 is 0 Å². The molecule has 0 bridgehead atoms. The Kier molecular flexibility index (Phi) is 6.42. The minimum absolute atomic E-state index is 0.0323. The highest BCUT2D eigenvalue weighted by Crippen LogP contribution is 2.28. The van der Waals surface area contributed by atoms with E-state index in [2.05, 4.69) is 31.4 Å². The SMILES string of the molecule is Cc1cc(=O)oc2cc(NCCNC(=O)C(CCN)C(C)(C)C)ccc12. The third-order valence-electron chi connectivity index (χ3n) is 4.52. The van der Waals surface area contributed by atoms with Gasteiger partial charge < -0.3 is 20.8 Å². The number of carbonyl (C=O) groups excluding carboxylic acids is 1. The Balaban J connectivity index is 1.92. The van der Waals surface area contributed by atoms with Crippen molar-refractivity contribution in [3.8, 4) is 0 Å². The van der Waals surface area contributed by atoms with Crippen LogP contribution in [0.2, 0.25) is 0 Å². The molecule has 2 rings (SSSR count). The molecule has 2 aromatic rings. The number of amides is 1. The molecule has 1 unspecified atom stereocenters. The van der Waals surface area contributed by atoms with Crippen LogP contribution in [-0.4, -0.2) is 25.5 Å². The van der Waals surface area contributed by atoms with Crippen LogP contribution < -0.4 is 22.0 Å². The molecule has 0 aliphatic carbocycles. The summed E-state index contributed by atoms with van der Waals surface area (Å²) in [5.74, 6) is -0.0738. The fraction of sp³-hybridized carbons (Fsp3) is 0.500. The van der Waals surface area contributed by atoms with E-state index in [1.807, 2.05) is 19.1 Å². The maximum absolute atomic E-state index is 12.4. The van der Waals surface area contributed by atoms with E-state index in [1.165, 1.54) is 6.07 Å². The highest BCUT2D eigenvalue weighted by Gasteiger charge is 2.30. The van der Waals surface area contributed by atoms with E-state index in [0.717, 1.165) is 16.6 Å². The fourth-order valence-corrected chi connectivity index (χ4v) is 3.07. The van der Waals surface area contributed by atoms with Crippen LogP contribution in [0.1, 0.15) is 32.8 Å². The lowest BCUT2D eigenvalue weighted by Crippen LogP contribution is -2.40. The van der Waals surface area contributed by atoms with Gasteiger partial charge in [0.25, 0.3) is 0 Å². The standard InChI is InChI=1S/C20H29N3O3/c1-13-11-18(24)26-17-12-14(5-6-15(13)17)22-9-10-23-19(25)16(7-8-21)20(2,3)4/h5-6,11-12,16,22H,7-10,21H2,1-4H3,(H,23,25). The molecular weight excluding hydrogens is 330 g/mol. The number of carbonyl (C=O) groups is 1. The Morgan fingerprint density at radius 3 is 2.62 bits per heavy atom. The molecule has 1 heterocycles. The van der Waals surface area contributed by atoms with E-state index in [0.29, 0.717) is 31.6 Å². The number of benzene rings is 1. The van der Waals surface area contributed by atoms with Gasteiger partial charge in [-0.1, -0.05) is 20.8 Å². The van der Waals surface area contributed by atoms with Gasteiger partial charge in [-0.05, 0) is 43.0 Å². The molecule has 0 aliphatic heterocycles. The van der Waals surface area contributed by atoms with Gasteiger partial charge in [0.15, 0.2) is 0 Å². The molecule has 0 spiro atoms. The number of nitrogens with two attached hydrogens (primary N) is 1. The number of rotatable bonds is 7. The van der Waals surface area contributed by atoms with Gasteiger partial charge in [0.1, 0.15) is 5.58 Å². The first-order chi connectivity index (χ1) is 12.2. The van der Waals surface area contributed by atoms with E-state index in [9.17, 15) is 9.59 Å². The summed E-state index contributed by atoms with van der Waals surface area (Å²) in [5.41, 5.74) is 7.45. The van der Waals surface area contributed by atoms with E-state index in [4.69, 9.17) is 10.2 Å². The molecule has 0 saturated carbocycles. The lowest BCUT2D eigenvalue weighted by Gasteiger charge is -2.29. The van der Waals surface area contributed by atoms with Crippen LogP contribution in [-0.2, 0) is 4.79 Å². The summed E-state index contributed by atoms with van der Waals surface area (Å²) in [6, 6.07) is 7.14. The second kappa shape index (κ2) is 8.36. The van der Waals surface area contributed by atoms with Crippen LogP contribution in [0.3, 0.4) is 0 Å². The van der Waals surface area contributed by atoms with Gasteiger partial charge >= 0.3 is 5.63 Å². The van der Waals surface area contributed by atoms with E-state index in [1.54, 1.807) is 6.07 Å². The molecule has 1 atom stereocenters. The zero-order valence-electron chi connectivity index (χ0n) is 16.0. The Hall–Kier alpha value is -2.34. The lowest BCUT2D eigenvalue weighted by atomic mass is 9.78. The number of anilines is 1. The molecule has 0 aliphatic rings. The minimum Gasteiger partial charge on any atom is -0.423 e. The Labute approximate surface area is 154 Å². The van der Waals surface area contributed by atoms with Crippen LogP contribution in [0.15, 0.2) is 33.5 Å². The molecular formula is C20H29N3O3. The zero-order valence-corrected chi connectivity index (χ0v) is 16.0. The summed E-state index contributed by atoms with van der Waals surface area (Å²) in [5, 5.41) is 7.12. The van der Waals surface area contributed by atoms with Crippen molar-refractivity contribution in [3.63, 3.8) is 0 Å². The number of nitrogens with one attached hydrogen (secondary N) is 2. The van der Waals surface area contributed by atoms with Gasteiger partial charge in [-0.2, -0.15) is 0 Å². The molecule has 6 nitrogen and oxygen atoms in total. The van der Waals surface area contributed by atoms with Crippen molar-refractivity contribution in [1.82, 2.24) is 5.32 Å². The summed E-state index contributed by atoms with van der Waals surface area (Å²) >= 11 is 0. The molecule has 1 aromatic carbocycles. The smallest absolute Gasteiger partial charge is 0.336 e. The predicted molar refractivity (Wildman–Crippen MR) is 105 cm³/mol. The topological polar surface area (TPSA) is 97.4 Å². The molecule has 1 aromatic heterocycles. The quantitative estimate of drug-likeness (QED) is 0.521. The largest absolute Gasteiger partial charge is 0.423 e. The van der Waals surface area contributed by atoms with Gasteiger partial charge in [-0.15, -0.1) is 0 Å². The number of hydrogen-bond donors (Lipinski definition) is 3. The Morgan fingerprint density at radius 1 is 1.23 bits per heavy atom. The predicted octanol–water partition coefficient (Wildman–Crippen LogP) is 2.64. The van der Waals surface area contributed by atoms with Crippen molar-refractivity contribution in [2.75, 3.05) is 25.0 Å². The molecule has 6 heteroatoms. The second-order valence-electron chi connectivity index (χ2n) is 7.67. The zero-order chi connectivity index (χ0) is 19.3. The Morgan fingerprint density at radius 2 is 1.96 bits per heavy atom. The average molecular weight is 359 g/mol. The second-order valence-corrected chi connectivity index (χ2v) is 7.67. The van der Waals surface area contributed by atoms with Crippen molar-refractivity contribution < 1.29 is 9.21 Å². The molecule has 26 heavy (non-hydrogen) atoms.